The van der Waals surface area contributed by atoms with Crippen LogP contribution in [0.25, 0.3) is 0 Å². The maximum atomic E-state index is 13.3. The standard InChI is InChI=1S/C27H32ClN5O5/c1-36-20-8-7-18(24(12-20)38-3)14-30-26(35)21-15-31-27(33-10-4-5-19(33)16-34)32-25(21)29-13-17-6-9-23(37-2)22(28)11-17/h6-9,11-12,15,19,34H,4-5,10,13-14,16H2,1-3H3,(H,30,35)(H,29,31,32)/t19-/m0/s1. The summed E-state index contributed by atoms with van der Waals surface area (Å²) in [7, 11) is 4.71. The van der Waals surface area contributed by atoms with Gasteiger partial charge in [-0.1, -0.05) is 17.7 Å². The van der Waals surface area contributed by atoms with Gasteiger partial charge in [0.2, 0.25) is 5.95 Å². The Morgan fingerprint density at radius 1 is 1.11 bits per heavy atom. The first-order valence-corrected chi connectivity index (χ1v) is 12.6. The molecule has 0 saturated carbocycles. The Bertz CT molecular complexity index is 1270. The van der Waals surface area contributed by atoms with Crippen molar-refractivity contribution < 1.29 is 24.1 Å². The predicted octanol–water partition coefficient (Wildman–Crippen LogP) is 3.66. The molecule has 2 aromatic carbocycles. The first kappa shape index (κ1) is 27.3. The Hall–Kier alpha value is -3.76. The molecule has 0 aliphatic carbocycles. The number of hydrogen-bond donors (Lipinski definition) is 3. The molecule has 4 rings (SSSR count). The van der Waals surface area contributed by atoms with Gasteiger partial charge in [-0.3, -0.25) is 4.79 Å². The van der Waals surface area contributed by atoms with Gasteiger partial charge in [-0.25, -0.2) is 4.98 Å². The summed E-state index contributed by atoms with van der Waals surface area (Å²) in [6, 6.07) is 10.8. The van der Waals surface area contributed by atoms with Crippen molar-refractivity contribution in [1.82, 2.24) is 15.3 Å². The van der Waals surface area contributed by atoms with Gasteiger partial charge < -0.3 is 34.9 Å². The Morgan fingerprint density at radius 2 is 1.92 bits per heavy atom. The average Bonchev–Trinajstić information content (AvgIpc) is 3.43. The van der Waals surface area contributed by atoms with E-state index >= 15 is 0 Å². The van der Waals surface area contributed by atoms with Crippen molar-refractivity contribution in [2.75, 3.05) is 44.7 Å². The number of methoxy groups -OCH3 is 3. The highest BCUT2D eigenvalue weighted by atomic mass is 35.5. The zero-order chi connectivity index (χ0) is 27.1. The highest BCUT2D eigenvalue weighted by Crippen LogP contribution is 2.28. The van der Waals surface area contributed by atoms with Crippen molar-refractivity contribution >= 4 is 29.3 Å². The van der Waals surface area contributed by atoms with Crippen molar-refractivity contribution in [1.29, 1.82) is 0 Å². The zero-order valence-corrected chi connectivity index (χ0v) is 22.4. The van der Waals surface area contributed by atoms with E-state index in [9.17, 15) is 9.90 Å². The number of nitrogens with one attached hydrogen (secondary N) is 2. The summed E-state index contributed by atoms with van der Waals surface area (Å²) >= 11 is 6.29. The van der Waals surface area contributed by atoms with E-state index in [1.165, 1.54) is 6.20 Å². The maximum absolute atomic E-state index is 13.3. The molecule has 0 bridgehead atoms. The number of nitrogens with zero attached hydrogens (tertiary/aromatic N) is 3. The average molecular weight is 542 g/mol. The molecule has 38 heavy (non-hydrogen) atoms. The first-order valence-electron chi connectivity index (χ1n) is 12.3. The summed E-state index contributed by atoms with van der Waals surface area (Å²) in [4.78, 5) is 24.4. The minimum atomic E-state index is -0.343. The lowest BCUT2D eigenvalue weighted by Gasteiger charge is -2.24. The van der Waals surface area contributed by atoms with E-state index in [0.29, 0.717) is 46.1 Å². The number of benzene rings is 2. The first-order chi connectivity index (χ1) is 18.5. The second-order valence-corrected chi connectivity index (χ2v) is 9.19. The number of halogens is 1. The van der Waals surface area contributed by atoms with Gasteiger partial charge in [0, 0.05) is 37.5 Å². The van der Waals surface area contributed by atoms with Gasteiger partial charge in [0.25, 0.3) is 5.91 Å². The number of rotatable bonds is 11. The van der Waals surface area contributed by atoms with E-state index in [4.69, 9.17) is 25.8 Å². The van der Waals surface area contributed by atoms with E-state index in [0.717, 1.165) is 30.5 Å². The lowest BCUT2D eigenvalue weighted by Crippen LogP contribution is -2.34. The molecule has 1 atom stereocenters. The highest BCUT2D eigenvalue weighted by Gasteiger charge is 2.27. The smallest absolute Gasteiger partial charge is 0.256 e. The molecule has 10 nitrogen and oxygen atoms in total. The summed E-state index contributed by atoms with van der Waals surface area (Å²) in [5.41, 5.74) is 1.98. The van der Waals surface area contributed by atoms with Crippen molar-refractivity contribution in [3.8, 4) is 17.2 Å². The summed E-state index contributed by atoms with van der Waals surface area (Å²) in [6.07, 6.45) is 3.31. The highest BCUT2D eigenvalue weighted by molar-refractivity contribution is 6.32. The van der Waals surface area contributed by atoms with Gasteiger partial charge in [0.1, 0.15) is 28.6 Å². The minimum Gasteiger partial charge on any atom is -0.497 e. The summed E-state index contributed by atoms with van der Waals surface area (Å²) in [5, 5.41) is 16.5. The summed E-state index contributed by atoms with van der Waals surface area (Å²) < 4.78 is 15.9. The van der Waals surface area contributed by atoms with Crippen LogP contribution in [0.15, 0.2) is 42.6 Å². The van der Waals surface area contributed by atoms with Crippen LogP contribution in [0, 0.1) is 0 Å². The third-order valence-corrected chi connectivity index (χ3v) is 6.77. The van der Waals surface area contributed by atoms with Crippen LogP contribution in [-0.2, 0) is 13.1 Å². The fourth-order valence-corrected chi connectivity index (χ4v) is 4.66. The Kier molecular flexibility index (Phi) is 9.09. The van der Waals surface area contributed by atoms with Gasteiger partial charge in [-0.05, 0) is 42.7 Å². The van der Waals surface area contributed by atoms with Gasteiger partial charge in [-0.2, -0.15) is 4.98 Å². The molecular formula is C27H32ClN5O5. The van der Waals surface area contributed by atoms with Gasteiger partial charge >= 0.3 is 0 Å². The van der Waals surface area contributed by atoms with Crippen LogP contribution in [0.4, 0.5) is 11.8 Å². The molecule has 3 aromatic rings. The number of aliphatic hydroxyl groups is 1. The molecule has 1 saturated heterocycles. The number of anilines is 2. The summed E-state index contributed by atoms with van der Waals surface area (Å²) in [6.45, 7) is 1.36. The molecule has 1 aliphatic rings. The second-order valence-electron chi connectivity index (χ2n) is 8.79. The van der Waals surface area contributed by atoms with E-state index in [2.05, 4.69) is 20.6 Å². The van der Waals surface area contributed by atoms with Crippen molar-refractivity contribution in [3.63, 3.8) is 0 Å². The monoisotopic (exact) mass is 541 g/mol. The molecular weight excluding hydrogens is 510 g/mol. The summed E-state index contributed by atoms with van der Waals surface area (Å²) in [5.74, 6) is 2.35. The van der Waals surface area contributed by atoms with Crippen LogP contribution in [0.2, 0.25) is 5.02 Å². The fourth-order valence-electron chi connectivity index (χ4n) is 4.37. The van der Waals surface area contributed by atoms with Crippen molar-refractivity contribution in [3.05, 3.63) is 64.3 Å². The lowest BCUT2D eigenvalue weighted by molar-refractivity contribution is 0.0950. The van der Waals surface area contributed by atoms with Crippen LogP contribution >= 0.6 is 11.6 Å². The molecule has 1 fully saturated rings. The topological polar surface area (TPSA) is 118 Å². The molecule has 1 aliphatic heterocycles. The zero-order valence-electron chi connectivity index (χ0n) is 21.7. The number of aliphatic hydroxyl groups excluding tert-OH is 1. The molecule has 1 aromatic heterocycles. The van der Waals surface area contributed by atoms with E-state index in [-0.39, 0.29) is 25.1 Å². The number of ether oxygens (including phenoxy) is 3. The molecule has 202 valence electrons. The Balaban J connectivity index is 1.57. The second kappa shape index (κ2) is 12.7. The Morgan fingerprint density at radius 3 is 2.63 bits per heavy atom. The van der Waals surface area contributed by atoms with Crippen LogP contribution < -0.4 is 29.7 Å². The largest absolute Gasteiger partial charge is 0.497 e. The third kappa shape index (κ3) is 6.20. The fraction of sp³-hybridized carbons (Fsp3) is 0.370. The van der Waals surface area contributed by atoms with Gasteiger partial charge in [-0.15, -0.1) is 0 Å². The van der Waals surface area contributed by atoms with Crippen molar-refractivity contribution in [2.24, 2.45) is 0 Å². The molecule has 0 spiro atoms. The molecule has 2 heterocycles. The van der Waals surface area contributed by atoms with E-state index in [1.54, 1.807) is 39.5 Å². The van der Waals surface area contributed by atoms with E-state index < -0.39 is 0 Å². The van der Waals surface area contributed by atoms with Gasteiger partial charge in [0.15, 0.2) is 0 Å². The third-order valence-electron chi connectivity index (χ3n) is 6.48. The minimum absolute atomic E-state index is 0.0163. The SMILES string of the molecule is COc1ccc(CNC(=O)c2cnc(N3CCC[C@H]3CO)nc2NCc2ccc(OC)c(Cl)c2)c(OC)c1. The Labute approximate surface area is 226 Å². The molecule has 0 radical (unpaired) electrons. The normalized spacial score (nSPS) is 14.8. The molecule has 3 N–H and O–H groups in total. The number of carbonyl (C=O) groups is 1. The number of aromatic nitrogens is 2. The molecule has 0 unspecified atom stereocenters. The van der Waals surface area contributed by atoms with Gasteiger partial charge in [0.05, 0.1) is 39.0 Å². The maximum Gasteiger partial charge on any atom is 0.256 e. The molecule has 11 heteroatoms. The number of hydrogen-bond acceptors (Lipinski definition) is 9. The molecule has 1 amide bonds. The van der Waals surface area contributed by atoms with Crippen LogP contribution in [0.3, 0.4) is 0 Å². The van der Waals surface area contributed by atoms with Crippen LogP contribution in [0.1, 0.15) is 34.3 Å². The number of carbonyl (C=O) groups excluding carboxylic acids is 1. The number of amides is 1. The lowest BCUT2D eigenvalue weighted by atomic mass is 10.1. The van der Waals surface area contributed by atoms with Crippen molar-refractivity contribution in [2.45, 2.75) is 32.0 Å². The predicted molar refractivity (Wildman–Crippen MR) is 146 cm³/mol. The van der Waals surface area contributed by atoms with Crippen LogP contribution in [-0.4, -0.2) is 61.5 Å². The quantitative estimate of drug-likeness (QED) is 0.334. The van der Waals surface area contributed by atoms with Crippen LogP contribution in [0.5, 0.6) is 17.2 Å². The van der Waals surface area contributed by atoms with E-state index in [1.807, 2.05) is 23.1 Å².